The van der Waals surface area contributed by atoms with E-state index in [1.165, 1.54) is 17.0 Å². The zero-order valence-electron chi connectivity index (χ0n) is 9.08. The predicted molar refractivity (Wildman–Crippen MR) is 63.8 cm³/mol. The second kappa shape index (κ2) is 4.14. The predicted octanol–water partition coefficient (Wildman–Crippen LogP) is 1.32. The summed E-state index contributed by atoms with van der Waals surface area (Å²) in [6, 6.07) is -0.0151. The largest absolute Gasteiger partial charge is 0.306 e. The van der Waals surface area contributed by atoms with Crippen LogP contribution in [-0.4, -0.2) is 23.5 Å². The van der Waals surface area contributed by atoms with Crippen LogP contribution in [0, 0.1) is 0 Å². The number of aryl methyl sites for hydroxylation is 2. The molecular weight excluding hydrogens is 222 g/mol. The summed E-state index contributed by atoms with van der Waals surface area (Å²) in [5.74, 6) is 0.0740. The van der Waals surface area contributed by atoms with Gasteiger partial charge in [-0.25, -0.2) is 4.98 Å². The van der Waals surface area contributed by atoms with Gasteiger partial charge in [-0.3, -0.25) is 4.79 Å². The number of carbonyl (C=O) groups is 1. The molecule has 5 heteroatoms. The molecule has 0 bridgehead atoms. The molecule has 0 radical (unpaired) electrons. The summed E-state index contributed by atoms with van der Waals surface area (Å²) in [5, 5.41) is 6.89. The lowest BCUT2D eigenvalue weighted by Gasteiger charge is -2.08. The summed E-state index contributed by atoms with van der Waals surface area (Å²) in [6.45, 7) is 0.951. The van der Waals surface area contributed by atoms with Crippen molar-refractivity contribution in [2.75, 3.05) is 11.9 Å². The third-order valence-electron chi connectivity index (χ3n) is 3.20. The summed E-state index contributed by atoms with van der Waals surface area (Å²) in [4.78, 5) is 17.7. The topological polar surface area (TPSA) is 54.0 Å². The fourth-order valence-electron chi connectivity index (χ4n) is 2.34. The maximum absolute atomic E-state index is 11.8. The van der Waals surface area contributed by atoms with E-state index in [0.717, 1.165) is 37.4 Å². The van der Waals surface area contributed by atoms with E-state index >= 15 is 0 Å². The minimum atomic E-state index is -0.0151. The molecule has 3 rings (SSSR count). The molecule has 4 nitrogen and oxygen atoms in total. The third-order valence-corrected chi connectivity index (χ3v) is 4.28. The lowest BCUT2D eigenvalue weighted by Crippen LogP contribution is -2.35. The second-order valence-corrected chi connectivity index (χ2v) is 5.46. The highest BCUT2D eigenvalue weighted by Gasteiger charge is 2.24. The smallest absolute Gasteiger partial charge is 0.243 e. The van der Waals surface area contributed by atoms with Gasteiger partial charge in [0.15, 0.2) is 5.13 Å². The van der Waals surface area contributed by atoms with E-state index in [1.54, 1.807) is 11.3 Å². The summed E-state index contributed by atoms with van der Waals surface area (Å²) in [7, 11) is 0. The fourth-order valence-corrected chi connectivity index (χ4v) is 3.40. The van der Waals surface area contributed by atoms with E-state index in [0.29, 0.717) is 0 Å². The Hall–Kier alpha value is -0.940. The van der Waals surface area contributed by atoms with E-state index in [4.69, 9.17) is 0 Å². The highest BCUT2D eigenvalue weighted by atomic mass is 32.1. The Morgan fingerprint density at radius 2 is 2.38 bits per heavy atom. The van der Waals surface area contributed by atoms with Gasteiger partial charge in [0.05, 0.1) is 11.7 Å². The normalized spacial score (nSPS) is 23.4. The summed E-state index contributed by atoms with van der Waals surface area (Å²) >= 11 is 1.64. The van der Waals surface area contributed by atoms with Crippen LogP contribution >= 0.6 is 11.3 Å². The molecule has 1 aromatic rings. The standard InChI is InChI=1S/C11H15N3OS/c15-10(8-4-2-6-12-8)14-11-13-7-3-1-5-9(7)16-11/h8,12H,1-6H2,(H,13,14,15)/t8-/m0/s1. The first-order chi connectivity index (χ1) is 7.83. The van der Waals surface area contributed by atoms with Crippen molar-refractivity contribution < 1.29 is 4.79 Å². The fraction of sp³-hybridized carbons (Fsp3) is 0.636. The minimum absolute atomic E-state index is 0.0151. The van der Waals surface area contributed by atoms with Gasteiger partial charge in [-0.1, -0.05) is 0 Å². The van der Waals surface area contributed by atoms with Crippen molar-refractivity contribution in [2.45, 2.75) is 38.1 Å². The Bertz CT molecular complexity index is 388. The van der Waals surface area contributed by atoms with E-state index in [1.807, 2.05) is 0 Å². The van der Waals surface area contributed by atoms with Gasteiger partial charge in [-0.05, 0) is 38.6 Å². The molecule has 1 aliphatic carbocycles. The second-order valence-electron chi connectivity index (χ2n) is 4.38. The number of aromatic nitrogens is 1. The molecule has 1 aliphatic heterocycles. The van der Waals surface area contributed by atoms with Gasteiger partial charge in [0, 0.05) is 4.88 Å². The summed E-state index contributed by atoms with van der Waals surface area (Å²) in [5.41, 5.74) is 1.19. The van der Waals surface area contributed by atoms with Crippen molar-refractivity contribution in [2.24, 2.45) is 0 Å². The van der Waals surface area contributed by atoms with E-state index in [-0.39, 0.29) is 11.9 Å². The molecule has 1 amide bonds. The van der Waals surface area contributed by atoms with Crippen LogP contribution in [-0.2, 0) is 17.6 Å². The number of amides is 1. The first-order valence-corrected chi connectivity index (χ1v) is 6.67. The number of fused-ring (bicyclic) bond motifs is 1. The van der Waals surface area contributed by atoms with Crippen molar-refractivity contribution >= 4 is 22.4 Å². The van der Waals surface area contributed by atoms with E-state index < -0.39 is 0 Å². The molecule has 16 heavy (non-hydrogen) atoms. The zero-order valence-corrected chi connectivity index (χ0v) is 9.90. The number of hydrogen-bond acceptors (Lipinski definition) is 4. The quantitative estimate of drug-likeness (QED) is 0.815. The Balaban J connectivity index is 1.67. The molecule has 1 aromatic heterocycles. The Labute approximate surface area is 98.5 Å². The van der Waals surface area contributed by atoms with E-state index in [9.17, 15) is 4.79 Å². The lowest BCUT2D eigenvalue weighted by atomic mass is 10.2. The Morgan fingerprint density at radius 1 is 1.44 bits per heavy atom. The van der Waals surface area contributed by atoms with Crippen molar-refractivity contribution in [3.63, 3.8) is 0 Å². The van der Waals surface area contributed by atoms with Crippen molar-refractivity contribution in [1.29, 1.82) is 0 Å². The third kappa shape index (κ3) is 1.85. The Morgan fingerprint density at radius 3 is 3.12 bits per heavy atom. The average molecular weight is 237 g/mol. The van der Waals surface area contributed by atoms with Crippen LogP contribution in [0.15, 0.2) is 0 Å². The Kier molecular flexibility index (Phi) is 2.65. The number of anilines is 1. The van der Waals surface area contributed by atoms with Crippen LogP contribution in [0.2, 0.25) is 0 Å². The number of rotatable bonds is 2. The molecule has 2 heterocycles. The molecule has 1 fully saturated rings. The molecule has 2 aliphatic rings. The van der Waals surface area contributed by atoms with Gasteiger partial charge < -0.3 is 10.6 Å². The van der Waals surface area contributed by atoms with Gasteiger partial charge in [0.25, 0.3) is 0 Å². The van der Waals surface area contributed by atoms with Crippen molar-refractivity contribution in [1.82, 2.24) is 10.3 Å². The number of nitrogens with zero attached hydrogens (tertiary/aromatic N) is 1. The van der Waals surface area contributed by atoms with Crippen molar-refractivity contribution in [3.8, 4) is 0 Å². The van der Waals surface area contributed by atoms with Crippen molar-refractivity contribution in [3.05, 3.63) is 10.6 Å². The number of nitrogens with one attached hydrogen (secondary N) is 2. The van der Waals surface area contributed by atoms with Gasteiger partial charge in [0.1, 0.15) is 0 Å². The molecule has 0 spiro atoms. The number of carbonyl (C=O) groups excluding carboxylic acids is 1. The number of thiazole rings is 1. The van der Waals surface area contributed by atoms with E-state index in [2.05, 4.69) is 15.6 Å². The first kappa shape index (κ1) is 10.2. The van der Waals surface area contributed by atoms with Crippen LogP contribution in [0.5, 0.6) is 0 Å². The highest BCUT2D eigenvalue weighted by molar-refractivity contribution is 7.15. The average Bonchev–Trinajstić information content (AvgIpc) is 2.91. The van der Waals surface area contributed by atoms with Crippen LogP contribution in [0.4, 0.5) is 5.13 Å². The molecule has 0 saturated carbocycles. The van der Waals surface area contributed by atoms with Gasteiger partial charge >= 0.3 is 0 Å². The van der Waals surface area contributed by atoms with Crippen LogP contribution in [0.25, 0.3) is 0 Å². The molecule has 2 N–H and O–H groups in total. The maximum atomic E-state index is 11.8. The van der Waals surface area contributed by atoms with Crippen LogP contribution in [0.1, 0.15) is 29.8 Å². The number of hydrogen-bond donors (Lipinski definition) is 2. The summed E-state index contributed by atoms with van der Waals surface area (Å²) in [6.07, 6.45) is 5.45. The molecule has 86 valence electrons. The highest BCUT2D eigenvalue weighted by Crippen LogP contribution is 2.30. The zero-order chi connectivity index (χ0) is 11.0. The molecule has 1 saturated heterocycles. The minimum Gasteiger partial charge on any atom is -0.306 e. The molecule has 0 aromatic carbocycles. The molecular formula is C11H15N3OS. The molecule has 0 unspecified atom stereocenters. The van der Waals surface area contributed by atoms with Crippen LogP contribution in [0.3, 0.4) is 0 Å². The van der Waals surface area contributed by atoms with Gasteiger partial charge in [0.2, 0.25) is 5.91 Å². The van der Waals surface area contributed by atoms with Gasteiger partial charge in [-0.2, -0.15) is 0 Å². The van der Waals surface area contributed by atoms with Gasteiger partial charge in [-0.15, -0.1) is 11.3 Å². The monoisotopic (exact) mass is 237 g/mol. The summed E-state index contributed by atoms with van der Waals surface area (Å²) < 4.78 is 0. The maximum Gasteiger partial charge on any atom is 0.243 e. The first-order valence-electron chi connectivity index (χ1n) is 5.86. The molecule has 1 atom stereocenters. The SMILES string of the molecule is O=C(Nc1nc2c(s1)CCC2)[C@@H]1CCCN1. The van der Waals surface area contributed by atoms with Crippen LogP contribution < -0.4 is 10.6 Å². The lowest BCUT2D eigenvalue weighted by molar-refractivity contribution is -0.117.